The summed E-state index contributed by atoms with van der Waals surface area (Å²) in [6, 6.07) is 13.7. The molecule has 0 heterocycles. The molecule has 0 bridgehead atoms. The minimum atomic E-state index is -0.131. The lowest BCUT2D eigenvalue weighted by molar-refractivity contribution is -0.123. The molecule has 1 N–H and O–H groups in total. The van der Waals surface area contributed by atoms with Gasteiger partial charge in [-0.05, 0) is 61.7 Å². The summed E-state index contributed by atoms with van der Waals surface area (Å²) in [6.45, 7) is 6.05. The normalized spacial score (nSPS) is 11.8. The second-order valence-electron chi connectivity index (χ2n) is 5.38. The molecule has 0 fully saturated rings. The van der Waals surface area contributed by atoms with Gasteiger partial charge in [0, 0.05) is 4.47 Å². The van der Waals surface area contributed by atoms with Crippen LogP contribution in [0, 0.1) is 13.8 Å². The van der Waals surface area contributed by atoms with E-state index < -0.39 is 0 Å². The van der Waals surface area contributed by atoms with Gasteiger partial charge in [-0.15, -0.1) is 0 Å². The highest BCUT2D eigenvalue weighted by molar-refractivity contribution is 9.10. The first kappa shape index (κ1) is 16.6. The monoisotopic (exact) mass is 361 g/mol. The predicted octanol–water partition coefficient (Wildman–Crippen LogP) is 4.32. The third-order valence-electron chi connectivity index (χ3n) is 3.60. The largest absolute Gasteiger partial charge is 0.484 e. The third kappa shape index (κ3) is 4.60. The summed E-state index contributed by atoms with van der Waals surface area (Å²) in [5.41, 5.74) is 3.42. The summed E-state index contributed by atoms with van der Waals surface area (Å²) in [5.74, 6) is 0.586. The SMILES string of the molecule is Cc1ccc(OCC(=O)NC(C)c2ccc(Br)cc2)cc1C. The number of hydrogen-bond acceptors (Lipinski definition) is 2. The van der Waals surface area contributed by atoms with Gasteiger partial charge in [-0.2, -0.15) is 0 Å². The minimum absolute atomic E-state index is 0.0172. The Bertz CT molecular complexity index is 653. The Morgan fingerprint density at radius 1 is 1.14 bits per heavy atom. The van der Waals surface area contributed by atoms with Crippen molar-refractivity contribution >= 4 is 21.8 Å². The highest BCUT2D eigenvalue weighted by atomic mass is 79.9. The van der Waals surface area contributed by atoms with Crippen LogP contribution in [0.3, 0.4) is 0 Å². The lowest BCUT2D eigenvalue weighted by atomic mass is 10.1. The van der Waals surface area contributed by atoms with Crippen molar-refractivity contribution in [2.75, 3.05) is 6.61 Å². The predicted molar refractivity (Wildman–Crippen MR) is 92.1 cm³/mol. The van der Waals surface area contributed by atoms with Gasteiger partial charge in [-0.1, -0.05) is 34.1 Å². The van der Waals surface area contributed by atoms with Crippen molar-refractivity contribution in [3.05, 3.63) is 63.6 Å². The van der Waals surface area contributed by atoms with Crippen LogP contribution in [-0.2, 0) is 4.79 Å². The lowest BCUT2D eigenvalue weighted by Gasteiger charge is -2.15. The molecule has 0 aromatic heterocycles. The van der Waals surface area contributed by atoms with Crippen molar-refractivity contribution < 1.29 is 9.53 Å². The van der Waals surface area contributed by atoms with Crippen LogP contribution in [0.4, 0.5) is 0 Å². The van der Waals surface area contributed by atoms with Gasteiger partial charge in [-0.3, -0.25) is 4.79 Å². The molecule has 2 aromatic carbocycles. The van der Waals surface area contributed by atoms with Crippen LogP contribution in [0.5, 0.6) is 5.75 Å². The lowest BCUT2D eigenvalue weighted by Crippen LogP contribution is -2.31. The molecule has 0 spiro atoms. The van der Waals surface area contributed by atoms with Crippen molar-refractivity contribution in [3.63, 3.8) is 0 Å². The van der Waals surface area contributed by atoms with E-state index in [-0.39, 0.29) is 18.6 Å². The molecule has 116 valence electrons. The number of rotatable bonds is 5. The fourth-order valence-corrected chi connectivity index (χ4v) is 2.33. The maximum absolute atomic E-state index is 12.0. The number of carbonyl (C=O) groups is 1. The van der Waals surface area contributed by atoms with E-state index in [9.17, 15) is 4.79 Å². The average Bonchev–Trinajstić information content (AvgIpc) is 2.49. The van der Waals surface area contributed by atoms with E-state index in [1.54, 1.807) is 0 Å². The van der Waals surface area contributed by atoms with Gasteiger partial charge >= 0.3 is 0 Å². The highest BCUT2D eigenvalue weighted by Gasteiger charge is 2.10. The smallest absolute Gasteiger partial charge is 0.258 e. The van der Waals surface area contributed by atoms with E-state index in [0.717, 1.165) is 21.3 Å². The van der Waals surface area contributed by atoms with E-state index in [1.807, 2.05) is 63.2 Å². The second-order valence-corrected chi connectivity index (χ2v) is 6.29. The Labute approximate surface area is 139 Å². The Hall–Kier alpha value is -1.81. The third-order valence-corrected chi connectivity index (χ3v) is 4.12. The molecule has 2 rings (SSSR count). The van der Waals surface area contributed by atoms with Crippen molar-refractivity contribution in [1.82, 2.24) is 5.32 Å². The summed E-state index contributed by atoms with van der Waals surface area (Å²) in [4.78, 5) is 12.0. The standard InChI is InChI=1S/C18H20BrNO2/c1-12-4-9-17(10-13(12)2)22-11-18(21)20-14(3)15-5-7-16(19)8-6-15/h4-10,14H,11H2,1-3H3,(H,20,21). The van der Waals surface area contributed by atoms with Gasteiger partial charge in [0.2, 0.25) is 0 Å². The minimum Gasteiger partial charge on any atom is -0.484 e. The molecule has 0 aliphatic carbocycles. The van der Waals surface area contributed by atoms with Gasteiger partial charge in [0.25, 0.3) is 5.91 Å². The topological polar surface area (TPSA) is 38.3 Å². The van der Waals surface area contributed by atoms with Crippen LogP contribution in [0.2, 0.25) is 0 Å². The average molecular weight is 362 g/mol. The van der Waals surface area contributed by atoms with Crippen LogP contribution in [0.1, 0.15) is 29.7 Å². The van der Waals surface area contributed by atoms with Gasteiger partial charge in [0.05, 0.1) is 6.04 Å². The molecule has 0 saturated carbocycles. The first-order valence-electron chi connectivity index (χ1n) is 7.20. The number of nitrogens with one attached hydrogen (secondary N) is 1. The van der Waals surface area contributed by atoms with E-state index in [2.05, 4.69) is 21.2 Å². The van der Waals surface area contributed by atoms with Crippen molar-refractivity contribution in [1.29, 1.82) is 0 Å². The summed E-state index contributed by atoms with van der Waals surface area (Å²) >= 11 is 3.40. The van der Waals surface area contributed by atoms with Gasteiger partial charge < -0.3 is 10.1 Å². The van der Waals surface area contributed by atoms with Gasteiger partial charge in [0.15, 0.2) is 6.61 Å². The van der Waals surface area contributed by atoms with Crippen molar-refractivity contribution in [2.24, 2.45) is 0 Å². The van der Waals surface area contributed by atoms with Crippen molar-refractivity contribution in [2.45, 2.75) is 26.8 Å². The summed E-state index contributed by atoms with van der Waals surface area (Å²) in [7, 11) is 0. The van der Waals surface area contributed by atoms with Gasteiger partial charge in [-0.25, -0.2) is 0 Å². The summed E-state index contributed by atoms with van der Waals surface area (Å²) < 4.78 is 6.56. The number of aryl methyl sites for hydroxylation is 2. The molecule has 0 saturated heterocycles. The fourth-order valence-electron chi connectivity index (χ4n) is 2.07. The van der Waals surface area contributed by atoms with Crippen LogP contribution in [0.25, 0.3) is 0 Å². The molecule has 1 atom stereocenters. The number of amides is 1. The van der Waals surface area contributed by atoms with Crippen molar-refractivity contribution in [3.8, 4) is 5.75 Å². The molecule has 3 nitrogen and oxygen atoms in total. The Morgan fingerprint density at radius 2 is 1.82 bits per heavy atom. The maximum Gasteiger partial charge on any atom is 0.258 e. The van der Waals surface area contributed by atoms with E-state index in [4.69, 9.17) is 4.74 Å². The number of hydrogen-bond donors (Lipinski definition) is 1. The first-order valence-corrected chi connectivity index (χ1v) is 8.00. The zero-order valence-corrected chi connectivity index (χ0v) is 14.6. The Balaban J connectivity index is 1.87. The molecule has 2 aromatic rings. The summed E-state index contributed by atoms with van der Waals surface area (Å²) in [5, 5.41) is 2.93. The number of ether oxygens (including phenoxy) is 1. The first-order chi connectivity index (χ1) is 10.5. The molecular weight excluding hydrogens is 342 g/mol. The molecule has 0 radical (unpaired) electrons. The fraction of sp³-hybridized carbons (Fsp3) is 0.278. The number of halogens is 1. The van der Waals surface area contributed by atoms with E-state index in [0.29, 0.717) is 0 Å². The Morgan fingerprint density at radius 3 is 2.45 bits per heavy atom. The number of benzene rings is 2. The summed E-state index contributed by atoms with van der Waals surface area (Å²) in [6.07, 6.45) is 0. The highest BCUT2D eigenvalue weighted by Crippen LogP contribution is 2.18. The maximum atomic E-state index is 12.0. The molecule has 0 aliphatic heterocycles. The molecular formula is C18H20BrNO2. The quantitative estimate of drug-likeness (QED) is 0.860. The zero-order valence-electron chi connectivity index (χ0n) is 13.0. The molecule has 22 heavy (non-hydrogen) atoms. The molecule has 0 aliphatic rings. The molecule has 1 amide bonds. The number of carbonyl (C=O) groups excluding carboxylic acids is 1. The van der Waals surface area contributed by atoms with Crippen LogP contribution in [0.15, 0.2) is 46.9 Å². The van der Waals surface area contributed by atoms with Crippen LogP contribution in [-0.4, -0.2) is 12.5 Å². The van der Waals surface area contributed by atoms with Crippen LogP contribution < -0.4 is 10.1 Å². The van der Waals surface area contributed by atoms with Crippen LogP contribution >= 0.6 is 15.9 Å². The van der Waals surface area contributed by atoms with E-state index in [1.165, 1.54) is 5.56 Å². The van der Waals surface area contributed by atoms with E-state index >= 15 is 0 Å². The molecule has 1 unspecified atom stereocenters. The Kier molecular flexibility index (Phi) is 5.61. The molecule has 4 heteroatoms. The second kappa shape index (κ2) is 7.45. The van der Waals surface area contributed by atoms with Gasteiger partial charge in [0.1, 0.15) is 5.75 Å². The zero-order chi connectivity index (χ0) is 16.1.